The van der Waals surface area contributed by atoms with Crippen molar-refractivity contribution in [3.05, 3.63) is 65.7 Å². The predicted octanol–water partition coefficient (Wildman–Crippen LogP) is 4.76. The topological polar surface area (TPSA) is 175 Å². The van der Waals surface area contributed by atoms with E-state index in [9.17, 15) is 37.1 Å². The molecule has 0 aromatic heterocycles. The van der Waals surface area contributed by atoms with Gasteiger partial charge in [0.15, 0.2) is 0 Å². The summed E-state index contributed by atoms with van der Waals surface area (Å²) in [4.78, 5) is 53.2. The summed E-state index contributed by atoms with van der Waals surface area (Å²) in [6.07, 6.45) is -4.07. The first-order valence-corrected chi connectivity index (χ1v) is 11.7. The van der Waals surface area contributed by atoms with Crippen LogP contribution in [0.1, 0.15) is 49.5 Å². The van der Waals surface area contributed by atoms with E-state index < -0.39 is 52.8 Å². The fraction of sp³-hybridized carbons (Fsp3) is 0.370. The second kappa shape index (κ2) is 13.6. The Bertz CT molecular complexity index is 1210. The van der Waals surface area contributed by atoms with Crippen LogP contribution in [0.5, 0.6) is 5.75 Å². The zero-order chi connectivity index (χ0) is 30.9. The van der Waals surface area contributed by atoms with E-state index in [0.29, 0.717) is 18.4 Å². The minimum atomic E-state index is -4.73. The van der Waals surface area contributed by atoms with Gasteiger partial charge in [-0.15, -0.1) is 13.2 Å². The number of aliphatic carboxylic acids is 4. The summed E-state index contributed by atoms with van der Waals surface area (Å²) >= 11 is 0. The number of carboxylic acid groups (broad SMARTS) is 4. The van der Waals surface area contributed by atoms with Crippen molar-refractivity contribution in [3.63, 3.8) is 0 Å². The van der Waals surface area contributed by atoms with Gasteiger partial charge in [-0.1, -0.05) is 56.3 Å². The highest BCUT2D eigenvalue weighted by atomic mass is 19.4. The number of carbonyl (C=O) groups excluding carboxylic acids is 1. The molecule has 1 aliphatic rings. The zero-order valence-electron chi connectivity index (χ0n) is 21.8. The Balaban J connectivity index is 0.000000304. The van der Waals surface area contributed by atoms with Gasteiger partial charge in [-0.25, -0.2) is 4.79 Å². The lowest BCUT2D eigenvalue weighted by Gasteiger charge is -2.36. The molecule has 0 radical (unpaired) electrons. The molecular formula is C27H29F3O10. The minimum absolute atomic E-state index is 0.208. The SMILES string of the molecule is CC1(C(=O)O)CCC(C(=O)O)C1(C)C.O=C(O)C(=O)c1ccccc1.O=C(O)Cc1ccc(OC(F)(F)F)cc1. The molecule has 0 amide bonds. The maximum atomic E-state index is 11.7. The molecule has 0 spiro atoms. The Labute approximate surface area is 227 Å². The van der Waals surface area contributed by atoms with Gasteiger partial charge in [0, 0.05) is 5.56 Å². The van der Waals surface area contributed by atoms with Gasteiger partial charge in [0.1, 0.15) is 5.75 Å². The van der Waals surface area contributed by atoms with Crippen LogP contribution in [0.15, 0.2) is 54.6 Å². The van der Waals surface area contributed by atoms with Gasteiger partial charge in [-0.3, -0.25) is 19.2 Å². The lowest BCUT2D eigenvalue weighted by Crippen LogP contribution is -2.42. The number of carbonyl (C=O) groups is 5. The molecule has 1 aliphatic carbocycles. The van der Waals surface area contributed by atoms with Gasteiger partial charge >= 0.3 is 30.2 Å². The summed E-state index contributed by atoms with van der Waals surface area (Å²) in [7, 11) is 0. The van der Waals surface area contributed by atoms with Crippen molar-refractivity contribution >= 4 is 29.7 Å². The fourth-order valence-corrected chi connectivity index (χ4v) is 4.01. The molecule has 2 unspecified atom stereocenters. The molecule has 218 valence electrons. The average Bonchev–Trinajstić information content (AvgIpc) is 3.09. The zero-order valence-corrected chi connectivity index (χ0v) is 21.8. The van der Waals surface area contributed by atoms with E-state index in [4.69, 9.17) is 20.4 Å². The summed E-state index contributed by atoms with van der Waals surface area (Å²) in [5.74, 6) is -6.03. The van der Waals surface area contributed by atoms with Crippen molar-refractivity contribution in [1.29, 1.82) is 0 Å². The number of rotatable bonds is 7. The van der Waals surface area contributed by atoms with Crippen LogP contribution >= 0.6 is 0 Å². The van der Waals surface area contributed by atoms with Crippen LogP contribution in [-0.2, 0) is 25.6 Å². The third-order valence-corrected chi connectivity index (χ3v) is 6.74. The molecule has 13 heteroatoms. The number of benzene rings is 2. The highest BCUT2D eigenvalue weighted by Crippen LogP contribution is 2.56. The van der Waals surface area contributed by atoms with Gasteiger partial charge in [0.05, 0.1) is 17.8 Å². The monoisotopic (exact) mass is 570 g/mol. The Hall–Kier alpha value is -4.42. The number of carboxylic acids is 4. The number of alkyl halides is 3. The Morgan fingerprint density at radius 3 is 1.75 bits per heavy atom. The van der Waals surface area contributed by atoms with Crippen LogP contribution in [0.2, 0.25) is 0 Å². The summed E-state index contributed by atoms with van der Waals surface area (Å²) in [5, 5.41) is 34.8. The Kier molecular flexibility index (Phi) is 11.4. The first kappa shape index (κ1) is 33.6. The molecule has 2 aromatic rings. The van der Waals surface area contributed by atoms with Crippen LogP contribution < -0.4 is 4.74 Å². The highest BCUT2D eigenvalue weighted by molar-refractivity contribution is 6.39. The predicted molar refractivity (Wildman–Crippen MR) is 133 cm³/mol. The van der Waals surface area contributed by atoms with E-state index in [1.807, 2.05) is 0 Å². The van der Waals surface area contributed by atoms with Crippen LogP contribution in [0.3, 0.4) is 0 Å². The van der Waals surface area contributed by atoms with E-state index >= 15 is 0 Å². The smallest absolute Gasteiger partial charge is 0.481 e. The molecule has 3 rings (SSSR count). The molecule has 0 heterocycles. The summed E-state index contributed by atoms with van der Waals surface area (Å²) in [5.41, 5.74) is -0.988. The summed E-state index contributed by atoms with van der Waals surface area (Å²) in [6.45, 7) is 5.10. The number of Topliss-reactive ketones (excluding diaryl/α,β-unsaturated/α-hetero) is 1. The number of halogens is 3. The summed E-state index contributed by atoms with van der Waals surface area (Å²) in [6, 6.07) is 12.6. The van der Waals surface area contributed by atoms with E-state index in [2.05, 4.69) is 4.74 Å². The third-order valence-electron chi connectivity index (χ3n) is 6.74. The normalized spacial score (nSPS) is 19.1. The van der Waals surface area contributed by atoms with E-state index in [-0.39, 0.29) is 17.7 Å². The molecule has 4 N–H and O–H groups in total. The van der Waals surface area contributed by atoms with Crippen molar-refractivity contribution < 1.29 is 62.3 Å². The fourth-order valence-electron chi connectivity index (χ4n) is 4.01. The molecular weight excluding hydrogens is 541 g/mol. The Morgan fingerprint density at radius 2 is 1.40 bits per heavy atom. The van der Waals surface area contributed by atoms with Gasteiger partial charge in [0.2, 0.25) is 0 Å². The number of ether oxygens (including phenoxy) is 1. The maximum absolute atomic E-state index is 11.7. The molecule has 0 aliphatic heterocycles. The molecule has 2 aromatic carbocycles. The van der Waals surface area contributed by atoms with Crippen LogP contribution in [0, 0.1) is 16.7 Å². The quantitative estimate of drug-likeness (QED) is 0.268. The van der Waals surface area contributed by atoms with E-state index in [1.54, 1.807) is 39.0 Å². The summed E-state index contributed by atoms with van der Waals surface area (Å²) < 4.78 is 38.8. The van der Waals surface area contributed by atoms with Gasteiger partial charge in [-0.2, -0.15) is 0 Å². The van der Waals surface area contributed by atoms with E-state index in [1.165, 1.54) is 24.3 Å². The number of ketones is 1. The molecule has 1 saturated carbocycles. The Morgan fingerprint density at radius 1 is 0.875 bits per heavy atom. The lowest BCUT2D eigenvalue weighted by atomic mass is 9.66. The molecule has 1 fully saturated rings. The highest BCUT2D eigenvalue weighted by Gasteiger charge is 2.58. The molecule has 2 atom stereocenters. The maximum Gasteiger partial charge on any atom is 0.573 e. The van der Waals surface area contributed by atoms with Crippen LogP contribution in [0.4, 0.5) is 13.2 Å². The number of hydrogen-bond donors (Lipinski definition) is 4. The largest absolute Gasteiger partial charge is 0.573 e. The van der Waals surface area contributed by atoms with Crippen molar-refractivity contribution in [2.24, 2.45) is 16.7 Å². The van der Waals surface area contributed by atoms with Gasteiger partial charge in [-0.05, 0) is 42.9 Å². The van der Waals surface area contributed by atoms with Crippen molar-refractivity contribution in [2.75, 3.05) is 0 Å². The van der Waals surface area contributed by atoms with Crippen molar-refractivity contribution in [1.82, 2.24) is 0 Å². The third kappa shape index (κ3) is 9.40. The second-order valence-electron chi connectivity index (χ2n) is 9.55. The first-order valence-electron chi connectivity index (χ1n) is 11.7. The molecule has 10 nitrogen and oxygen atoms in total. The van der Waals surface area contributed by atoms with Crippen molar-refractivity contribution in [2.45, 2.75) is 46.4 Å². The van der Waals surface area contributed by atoms with Gasteiger partial charge < -0.3 is 25.2 Å². The van der Waals surface area contributed by atoms with Crippen molar-refractivity contribution in [3.8, 4) is 5.75 Å². The average molecular weight is 571 g/mol. The minimum Gasteiger partial charge on any atom is -0.481 e. The lowest BCUT2D eigenvalue weighted by molar-refractivity contribution is -0.274. The second-order valence-corrected chi connectivity index (χ2v) is 9.55. The van der Waals surface area contributed by atoms with Crippen LogP contribution in [-0.4, -0.2) is 56.4 Å². The van der Waals surface area contributed by atoms with E-state index in [0.717, 1.165) is 12.1 Å². The molecule has 40 heavy (non-hydrogen) atoms. The number of hydrogen-bond acceptors (Lipinski definition) is 6. The van der Waals surface area contributed by atoms with Crippen LogP contribution in [0.25, 0.3) is 0 Å². The molecule has 0 saturated heterocycles. The van der Waals surface area contributed by atoms with Gasteiger partial charge in [0.25, 0.3) is 5.78 Å². The molecule has 0 bridgehead atoms. The standard InChI is InChI=1S/C10H16O4.C9H7F3O3.C8H6O3/c1-9(2)6(7(11)12)4-5-10(9,3)8(13)14;10-9(11,12)15-7-3-1-6(2-4-7)5-8(13)14;9-7(8(10)11)6-4-2-1-3-5-6/h6H,4-5H2,1-3H3,(H,11,12)(H,13,14);1-4H,5H2,(H,13,14);1-5H,(H,10,11). The first-order chi connectivity index (χ1) is 18.3.